The molecule has 0 amide bonds. The van der Waals surface area contributed by atoms with Gasteiger partial charge in [-0.25, -0.2) is 0 Å². The van der Waals surface area contributed by atoms with Crippen LogP contribution in [-0.2, 0) is 13.5 Å². The number of nitrogens with zero attached hydrogens (tertiary/aromatic N) is 4. The standard InChI is InChI=1S/C22H40N6/c1-18-20(19(2)27(4)26-18)11-14-24-21(23-3)25-17-22(12-7-5-8-13-22)28-15-9-6-10-16-28/h5-17H2,1-4H3,(H2,23,24,25). The van der Waals surface area contributed by atoms with Crippen molar-refractivity contribution in [2.24, 2.45) is 12.0 Å². The third kappa shape index (κ3) is 4.88. The molecule has 6 nitrogen and oxygen atoms in total. The van der Waals surface area contributed by atoms with Crippen LogP contribution in [0.15, 0.2) is 4.99 Å². The number of hydrogen-bond acceptors (Lipinski definition) is 3. The molecule has 0 atom stereocenters. The molecular formula is C22H40N6. The van der Waals surface area contributed by atoms with Gasteiger partial charge in [-0.05, 0) is 64.6 Å². The second-order valence-corrected chi connectivity index (χ2v) is 8.71. The van der Waals surface area contributed by atoms with E-state index >= 15 is 0 Å². The molecule has 2 aliphatic rings. The van der Waals surface area contributed by atoms with Gasteiger partial charge < -0.3 is 10.6 Å². The first-order valence-corrected chi connectivity index (χ1v) is 11.2. The van der Waals surface area contributed by atoms with Crippen molar-refractivity contribution >= 4 is 5.96 Å². The van der Waals surface area contributed by atoms with Gasteiger partial charge in [0, 0.05) is 38.4 Å². The summed E-state index contributed by atoms with van der Waals surface area (Å²) >= 11 is 0. The van der Waals surface area contributed by atoms with Gasteiger partial charge in [-0.3, -0.25) is 14.6 Å². The lowest BCUT2D eigenvalue weighted by Crippen LogP contribution is -2.59. The van der Waals surface area contributed by atoms with E-state index in [1.54, 1.807) is 0 Å². The number of guanidine groups is 1. The van der Waals surface area contributed by atoms with Gasteiger partial charge in [0.15, 0.2) is 5.96 Å². The van der Waals surface area contributed by atoms with Gasteiger partial charge in [0.2, 0.25) is 0 Å². The zero-order valence-electron chi connectivity index (χ0n) is 18.5. The summed E-state index contributed by atoms with van der Waals surface area (Å²) in [7, 11) is 3.90. The quantitative estimate of drug-likeness (QED) is 0.581. The highest BCUT2D eigenvalue weighted by Gasteiger charge is 2.38. The van der Waals surface area contributed by atoms with Crippen molar-refractivity contribution < 1.29 is 0 Å². The number of aliphatic imine (C=N–C) groups is 1. The first-order valence-electron chi connectivity index (χ1n) is 11.2. The molecule has 0 aromatic carbocycles. The van der Waals surface area contributed by atoms with Crippen molar-refractivity contribution in [2.45, 2.75) is 77.2 Å². The number of aryl methyl sites for hydroxylation is 2. The highest BCUT2D eigenvalue weighted by Crippen LogP contribution is 2.35. The van der Waals surface area contributed by atoms with Gasteiger partial charge >= 0.3 is 0 Å². The molecule has 0 spiro atoms. The molecule has 1 aromatic rings. The second-order valence-electron chi connectivity index (χ2n) is 8.71. The Kier molecular flexibility index (Phi) is 7.38. The number of likely N-dealkylation sites (tertiary alicyclic amines) is 1. The maximum Gasteiger partial charge on any atom is 0.191 e. The van der Waals surface area contributed by atoms with Crippen LogP contribution in [0.25, 0.3) is 0 Å². The Hall–Kier alpha value is -1.56. The van der Waals surface area contributed by atoms with E-state index in [4.69, 9.17) is 0 Å². The summed E-state index contributed by atoms with van der Waals surface area (Å²) in [4.78, 5) is 7.27. The van der Waals surface area contributed by atoms with E-state index in [2.05, 4.69) is 39.5 Å². The summed E-state index contributed by atoms with van der Waals surface area (Å²) in [6.07, 6.45) is 11.9. The van der Waals surface area contributed by atoms with Gasteiger partial charge in [-0.1, -0.05) is 25.7 Å². The number of piperidine rings is 1. The van der Waals surface area contributed by atoms with Crippen LogP contribution in [0.5, 0.6) is 0 Å². The summed E-state index contributed by atoms with van der Waals surface area (Å²) in [6, 6.07) is 0. The zero-order valence-corrected chi connectivity index (χ0v) is 18.5. The monoisotopic (exact) mass is 388 g/mol. The number of hydrogen-bond donors (Lipinski definition) is 2. The summed E-state index contributed by atoms with van der Waals surface area (Å²) in [5.74, 6) is 0.932. The fourth-order valence-electron chi connectivity index (χ4n) is 5.14. The fourth-order valence-corrected chi connectivity index (χ4v) is 5.14. The smallest absolute Gasteiger partial charge is 0.191 e. The minimum atomic E-state index is 0.326. The van der Waals surface area contributed by atoms with Gasteiger partial charge in [0.05, 0.1) is 5.69 Å². The Morgan fingerprint density at radius 1 is 1.04 bits per heavy atom. The van der Waals surface area contributed by atoms with E-state index in [1.807, 2.05) is 18.8 Å². The average molecular weight is 389 g/mol. The molecule has 0 unspecified atom stereocenters. The maximum atomic E-state index is 4.52. The van der Waals surface area contributed by atoms with Crippen molar-refractivity contribution in [3.63, 3.8) is 0 Å². The van der Waals surface area contributed by atoms with Crippen molar-refractivity contribution in [1.82, 2.24) is 25.3 Å². The average Bonchev–Trinajstić information content (AvgIpc) is 2.97. The van der Waals surface area contributed by atoms with Crippen molar-refractivity contribution in [3.05, 3.63) is 17.0 Å². The first kappa shape index (κ1) is 21.2. The first-order chi connectivity index (χ1) is 13.6. The van der Waals surface area contributed by atoms with Gasteiger partial charge in [-0.15, -0.1) is 0 Å². The van der Waals surface area contributed by atoms with E-state index in [9.17, 15) is 0 Å². The van der Waals surface area contributed by atoms with E-state index in [0.717, 1.165) is 31.2 Å². The van der Waals surface area contributed by atoms with Crippen LogP contribution in [-0.4, -0.2) is 59.4 Å². The van der Waals surface area contributed by atoms with E-state index in [-0.39, 0.29) is 0 Å². The van der Waals surface area contributed by atoms with Crippen LogP contribution >= 0.6 is 0 Å². The highest BCUT2D eigenvalue weighted by atomic mass is 15.3. The molecule has 158 valence electrons. The molecule has 2 fully saturated rings. The maximum absolute atomic E-state index is 4.52. The van der Waals surface area contributed by atoms with Gasteiger partial charge in [0.1, 0.15) is 0 Å². The molecule has 1 saturated heterocycles. The number of rotatable bonds is 6. The van der Waals surface area contributed by atoms with Crippen molar-refractivity contribution in [3.8, 4) is 0 Å². The molecule has 28 heavy (non-hydrogen) atoms. The van der Waals surface area contributed by atoms with Crippen molar-refractivity contribution in [2.75, 3.05) is 33.2 Å². The minimum absolute atomic E-state index is 0.326. The van der Waals surface area contributed by atoms with Crippen LogP contribution in [0.2, 0.25) is 0 Å². The fraction of sp³-hybridized carbons (Fsp3) is 0.818. The summed E-state index contributed by atoms with van der Waals surface area (Å²) in [6.45, 7) is 8.68. The SMILES string of the molecule is CN=C(NCCc1c(C)nn(C)c1C)NCC1(N2CCCCC2)CCCCC1. The lowest BCUT2D eigenvalue weighted by molar-refractivity contribution is 0.0368. The third-order valence-corrected chi connectivity index (χ3v) is 6.95. The molecule has 1 aromatic heterocycles. The van der Waals surface area contributed by atoms with E-state index in [0.29, 0.717) is 5.54 Å². The third-order valence-electron chi connectivity index (χ3n) is 6.95. The second kappa shape index (κ2) is 9.77. The van der Waals surface area contributed by atoms with Crippen molar-refractivity contribution in [1.29, 1.82) is 0 Å². The predicted molar refractivity (Wildman–Crippen MR) is 117 cm³/mol. The summed E-state index contributed by atoms with van der Waals surface area (Å²) < 4.78 is 1.98. The predicted octanol–water partition coefficient (Wildman–Crippen LogP) is 2.93. The molecule has 1 aliphatic carbocycles. The molecule has 6 heteroatoms. The Morgan fingerprint density at radius 2 is 1.71 bits per heavy atom. The van der Waals surface area contributed by atoms with Crippen LogP contribution in [0.4, 0.5) is 0 Å². The lowest BCUT2D eigenvalue weighted by atomic mass is 9.79. The topological polar surface area (TPSA) is 57.5 Å². The van der Waals surface area contributed by atoms with Gasteiger partial charge in [0.25, 0.3) is 0 Å². The Balaban J connectivity index is 1.54. The molecule has 0 radical (unpaired) electrons. The molecule has 1 saturated carbocycles. The molecule has 2 heterocycles. The molecule has 0 bridgehead atoms. The van der Waals surface area contributed by atoms with Gasteiger partial charge in [-0.2, -0.15) is 5.10 Å². The Bertz CT molecular complexity index is 650. The molecule has 1 aliphatic heterocycles. The highest BCUT2D eigenvalue weighted by molar-refractivity contribution is 5.79. The van der Waals surface area contributed by atoms with Crippen LogP contribution in [0.3, 0.4) is 0 Å². The van der Waals surface area contributed by atoms with Crippen LogP contribution < -0.4 is 10.6 Å². The minimum Gasteiger partial charge on any atom is -0.356 e. The summed E-state index contributed by atoms with van der Waals surface area (Å²) in [5, 5.41) is 11.7. The van der Waals surface area contributed by atoms with Crippen LogP contribution in [0, 0.1) is 13.8 Å². The van der Waals surface area contributed by atoms with Crippen LogP contribution in [0.1, 0.15) is 68.3 Å². The lowest BCUT2D eigenvalue weighted by Gasteiger charge is -2.48. The largest absolute Gasteiger partial charge is 0.356 e. The number of aromatic nitrogens is 2. The zero-order chi connectivity index (χ0) is 20.0. The number of nitrogens with one attached hydrogen (secondary N) is 2. The molecule has 3 rings (SSSR count). The normalized spacial score (nSPS) is 20.9. The Labute approximate surface area is 171 Å². The molecule has 2 N–H and O–H groups in total. The molecular weight excluding hydrogens is 348 g/mol. The van der Waals surface area contributed by atoms with E-state index < -0.39 is 0 Å². The summed E-state index contributed by atoms with van der Waals surface area (Å²) in [5.41, 5.74) is 4.07. The Morgan fingerprint density at radius 3 is 2.32 bits per heavy atom. The van der Waals surface area contributed by atoms with E-state index in [1.165, 1.54) is 75.7 Å².